The van der Waals surface area contributed by atoms with Gasteiger partial charge in [0.1, 0.15) is 0 Å². The Hall–Kier alpha value is -1.79. The molecule has 0 aliphatic carbocycles. The Bertz CT molecular complexity index is 625. The third-order valence-electron chi connectivity index (χ3n) is 5.63. The van der Waals surface area contributed by atoms with Crippen LogP contribution < -0.4 is 15.5 Å². The van der Waals surface area contributed by atoms with Gasteiger partial charge in [-0.15, -0.1) is 0 Å². The predicted molar refractivity (Wildman–Crippen MR) is 120 cm³/mol. The third kappa shape index (κ3) is 7.19. The van der Waals surface area contributed by atoms with E-state index in [0.29, 0.717) is 6.10 Å². The summed E-state index contributed by atoms with van der Waals surface area (Å²) in [6.07, 6.45) is 5.93. The Balaban J connectivity index is 1.46. The van der Waals surface area contributed by atoms with Gasteiger partial charge in [-0.1, -0.05) is 12.1 Å². The molecule has 162 valence electrons. The molecule has 2 aliphatic rings. The highest BCUT2D eigenvalue weighted by Crippen LogP contribution is 2.24. The molecule has 0 radical (unpaired) electrons. The molecular formula is C23H38N4O2. The fourth-order valence-electron chi connectivity index (χ4n) is 3.92. The molecule has 2 aliphatic heterocycles. The largest absolute Gasteiger partial charge is 0.381 e. The number of hydrogen-bond donors (Lipinski definition) is 2. The lowest BCUT2D eigenvalue weighted by atomic mass is 10.1. The number of nitrogens with zero attached hydrogens (tertiary/aromatic N) is 2. The van der Waals surface area contributed by atoms with Crippen molar-refractivity contribution >= 4 is 11.6 Å². The Morgan fingerprint density at radius 3 is 2.83 bits per heavy atom. The summed E-state index contributed by atoms with van der Waals surface area (Å²) in [5.41, 5.74) is 2.63. The van der Waals surface area contributed by atoms with Gasteiger partial charge < -0.3 is 25.0 Å². The van der Waals surface area contributed by atoms with Crippen molar-refractivity contribution in [3.63, 3.8) is 0 Å². The monoisotopic (exact) mass is 402 g/mol. The Morgan fingerprint density at radius 2 is 2.07 bits per heavy atom. The van der Waals surface area contributed by atoms with E-state index >= 15 is 0 Å². The quantitative estimate of drug-likeness (QED) is 0.376. The van der Waals surface area contributed by atoms with Crippen LogP contribution in [0.4, 0.5) is 5.69 Å². The predicted octanol–water partition coefficient (Wildman–Crippen LogP) is 3.49. The molecule has 0 saturated carbocycles. The number of aliphatic imine (C=N–C) groups is 1. The van der Waals surface area contributed by atoms with Crippen LogP contribution in [0.1, 0.15) is 57.6 Å². The van der Waals surface area contributed by atoms with E-state index in [2.05, 4.69) is 53.6 Å². The van der Waals surface area contributed by atoms with E-state index in [1.165, 1.54) is 37.2 Å². The number of rotatable bonds is 9. The normalized spacial score (nSPS) is 19.4. The smallest absolute Gasteiger partial charge is 0.191 e. The topological polar surface area (TPSA) is 58.1 Å². The fraction of sp³-hybridized carbons (Fsp3) is 0.696. The maximum Gasteiger partial charge on any atom is 0.191 e. The molecule has 6 nitrogen and oxygen atoms in total. The Labute approximate surface area is 176 Å². The number of hydrogen-bond acceptors (Lipinski definition) is 4. The van der Waals surface area contributed by atoms with Crippen LogP contribution in [0.5, 0.6) is 0 Å². The van der Waals surface area contributed by atoms with Crippen LogP contribution >= 0.6 is 0 Å². The summed E-state index contributed by atoms with van der Waals surface area (Å²) < 4.78 is 11.3. The van der Waals surface area contributed by atoms with Gasteiger partial charge in [-0.3, -0.25) is 4.99 Å². The van der Waals surface area contributed by atoms with E-state index in [1.54, 1.807) is 0 Å². The van der Waals surface area contributed by atoms with Crippen molar-refractivity contribution in [3.05, 3.63) is 29.8 Å². The molecule has 1 atom stereocenters. The first kappa shape index (κ1) is 21.9. The van der Waals surface area contributed by atoms with Crippen LogP contribution in [0.2, 0.25) is 0 Å². The van der Waals surface area contributed by atoms with Crippen molar-refractivity contribution in [2.24, 2.45) is 4.99 Å². The van der Waals surface area contributed by atoms with E-state index in [-0.39, 0.29) is 6.04 Å². The zero-order valence-electron chi connectivity index (χ0n) is 18.2. The first-order chi connectivity index (χ1) is 14.3. The maximum atomic E-state index is 5.94. The second-order valence-corrected chi connectivity index (χ2v) is 7.95. The van der Waals surface area contributed by atoms with Crippen LogP contribution in [0.3, 0.4) is 0 Å². The van der Waals surface area contributed by atoms with Crippen molar-refractivity contribution < 1.29 is 9.47 Å². The molecule has 1 unspecified atom stereocenters. The molecule has 2 heterocycles. The Kier molecular flexibility index (Phi) is 9.09. The number of ether oxygens (including phenoxy) is 2. The number of nitrogens with one attached hydrogen (secondary N) is 2. The maximum absolute atomic E-state index is 5.94. The van der Waals surface area contributed by atoms with E-state index < -0.39 is 0 Å². The van der Waals surface area contributed by atoms with Gasteiger partial charge >= 0.3 is 0 Å². The summed E-state index contributed by atoms with van der Waals surface area (Å²) in [5.74, 6) is 0.873. The van der Waals surface area contributed by atoms with Crippen molar-refractivity contribution in [2.75, 3.05) is 50.9 Å². The molecule has 0 bridgehead atoms. The summed E-state index contributed by atoms with van der Waals surface area (Å²) >= 11 is 0. The molecule has 1 aromatic carbocycles. The molecule has 0 spiro atoms. The molecule has 0 amide bonds. The van der Waals surface area contributed by atoms with E-state index in [9.17, 15) is 0 Å². The van der Waals surface area contributed by atoms with Crippen LogP contribution in [0, 0.1) is 0 Å². The van der Waals surface area contributed by atoms with Gasteiger partial charge in [0.15, 0.2) is 5.96 Å². The lowest BCUT2D eigenvalue weighted by molar-refractivity contribution is -0.0318. The van der Waals surface area contributed by atoms with Crippen LogP contribution in [0.15, 0.2) is 29.3 Å². The average molecular weight is 403 g/mol. The van der Waals surface area contributed by atoms with Gasteiger partial charge in [0.05, 0.1) is 12.1 Å². The summed E-state index contributed by atoms with van der Waals surface area (Å²) in [6, 6.07) is 9.10. The van der Waals surface area contributed by atoms with Crippen molar-refractivity contribution in [3.8, 4) is 0 Å². The molecule has 1 aromatic rings. The van der Waals surface area contributed by atoms with Gasteiger partial charge in [-0.25, -0.2) is 0 Å². The van der Waals surface area contributed by atoms with Crippen molar-refractivity contribution in [2.45, 2.75) is 58.1 Å². The van der Waals surface area contributed by atoms with Crippen molar-refractivity contribution in [1.82, 2.24) is 10.6 Å². The third-order valence-corrected chi connectivity index (χ3v) is 5.63. The lowest BCUT2D eigenvalue weighted by Crippen LogP contribution is -2.39. The van der Waals surface area contributed by atoms with Crippen LogP contribution in [0.25, 0.3) is 0 Å². The summed E-state index contributed by atoms with van der Waals surface area (Å²) in [4.78, 5) is 7.22. The lowest BCUT2D eigenvalue weighted by Gasteiger charge is -2.22. The number of benzene rings is 1. The SMILES string of the molecule is CCNC(=NCCCOC1CCOCC1)NC(C)c1cccc(N2CCCC2)c1. The second-order valence-electron chi connectivity index (χ2n) is 7.95. The molecule has 29 heavy (non-hydrogen) atoms. The van der Waals surface area contributed by atoms with Crippen LogP contribution in [-0.4, -0.2) is 58.1 Å². The van der Waals surface area contributed by atoms with E-state index in [1.807, 2.05) is 0 Å². The minimum Gasteiger partial charge on any atom is -0.381 e. The highest BCUT2D eigenvalue weighted by atomic mass is 16.5. The number of anilines is 1. The summed E-state index contributed by atoms with van der Waals surface area (Å²) in [5, 5.41) is 6.92. The standard InChI is InChI=1S/C23H38N4O2/c1-3-24-23(25-12-7-15-29-22-10-16-28-17-11-22)26-19(2)20-8-6-9-21(18-20)27-13-4-5-14-27/h6,8-9,18-19,22H,3-5,7,10-17H2,1-2H3,(H2,24,25,26). The molecule has 2 fully saturated rings. The molecule has 6 heteroatoms. The zero-order valence-corrected chi connectivity index (χ0v) is 18.2. The molecule has 2 saturated heterocycles. The second kappa shape index (κ2) is 12.0. The van der Waals surface area contributed by atoms with Gasteiger partial charge in [-0.2, -0.15) is 0 Å². The Morgan fingerprint density at radius 1 is 1.28 bits per heavy atom. The van der Waals surface area contributed by atoms with Gasteiger partial charge in [-0.05, 0) is 63.6 Å². The molecule has 2 N–H and O–H groups in total. The van der Waals surface area contributed by atoms with Gasteiger partial charge in [0, 0.05) is 51.7 Å². The van der Waals surface area contributed by atoms with Gasteiger partial charge in [0.2, 0.25) is 0 Å². The van der Waals surface area contributed by atoms with Crippen molar-refractivity contribution in [1.29, 1.82) is 0 Å². The number of guanidine groups is 1. The molecular weight excluding hydrogens is 364 g/mol. The zero-order chi connectivity index (χ0) is 20.3. The molecule has 0 aromatic heterocycles. The molecule has 3 rings (SSSR count). The average Bonchev–Trinajstić information content (AvgIpc) is 3.29. The van der Waals surface area contributed by atoms with E-state index in [4.69, 9.17) is 14.5 Å². The first-order valence-electron chi connectivity index (χ1n) is 11.4. The van der Waals surface area contributed by atoms with E-state index in [0.717, 1.165) is 58.1 Å². The minimum absolute atomic E-state index is 0.203. The fourth-order valence-corrected chi connectivity index (χ4v) is 3.92. The summed E-state index contributed by atoms with van der Waals surface area (Å²) in [7, 11) is 0. The minimum atomic E-state index is 0.203. The first-order valence-corrected chi connectivity index (χ1v) is 11.4. The highest BCUT2D eigenvalue weighted by molar-refractivity contribution is 5.80. The van der Waals surface area contributed by atoms with Gasteiger partial charge in [0.25, 0.3) is 0 Å². The highest BCUT2D eigenvalue weighted by Gasteiger charge is 2.15. The summed E-state index contributed by atoms with van der Waals surface area (Å²) in [6.45, 7) is 10.7. The van der Waals surface area contributed by atoms with Crippen LogP contribution in [-0.2, 0) is 9.47 Å².